The van der Waals surface area contributed by atoms with Crippen molar-refractivity contribution in [2.24, 2.45) is 5.92 Å². The zero-order chi connectivity index (χ0) is 20.6. The summed E-state index contributed by atoms with van der Waals surface area (Å²) in [5.74, 6) is -4.32. The van der Waals surface area contributed by atoms with Gasteiger partial charge in [-0.3, -0.25) is 4.55 Å². The third-order valence-corrected chi connectivity index (χ3v) is 6.27. The van der Waals surface area contributed by atoms with Crippen LogP contribution in [0.15, 0.2) is 16.3 Å². The second-order valence-corrected chi connectivity index (χ2v) is 9.31. The van der Waals surface area contributed by atoms with Crippen LogP contribution in [0.25, 0.3) is 0 Å². The van der Waals surface area contributed by atoms with Crippen LogP contribution in [-0.2, 0) is 24.6 Å². The number of rotatable bonds is 7. The van der Waals surface area contributed by atoms with Crippen LogP contribution in [0.2, 0.25) is 4.34 Å². The maximum Gasteiger partial charge on any atom is 0.402 e. The highest BCUT2D eigenvalue weighted by Crippen LogP contribution is 2.42. The number of halogens is 7. The smallest absolute Gasteiger partial charge is 0.264 e. The van der Waals surface area contributed by atoms with E-state index in [1.54, 1.807) is 0 Å². The van der Waals surface area contributed by atoms with Crippen LogP contribution in [-0.4, -0.2) is 46.4 Å². The van der Waals surface area contributed by atoms with Gasteiger partial charge in [-0.2, -0.15) is 34.8 Å². The first-order chi connectivity index (χ1) is 11.4. The fraction of sp³-hybridized carbons (Fsp3) is 0.556. The highest BCUT2D eigenvalue weighted by atomic mass is 35.5. The summed E-state index contributed by atoms with van der Waals surface area (Å²) in [5.41, 5.74) is 0. The first kappa shape index (κ1) is 23.4. The Morgan fingerprint density at radius 2 is 1.62 bits per heavy atom. The molecule has 2 N–H and O–H groups in total. The average Bonchev–Trinajstić information content (AvgIpc) is 2.79. The van der Waals surface area contributed by atoms with Gasteiger partial charge in [-0.15, -0.1) is 11.3 Å². The van der Waals surface area contributed by atoms with E-state index in [0.717, 1.165) is 16.9 Å². The van der Waals surface area contributed by atoms with Crippen molar-refractivity contribution < 1.29 is 51.9 Å². The van der Waals surface area contributed by atoms with Crippen molar-refractivity contribution in [3.8, 4) is 0 Å². The van der Waals surface area contributed by atoms with Gasteiger partial charge in [0.1, 0.15) is 4.21 Å². The Balaban J connectivity index is 3.31. The molecule has 0 bridgehead atoms. The molecule has 0 aliphatic rings. The van der Waals surface area contributed by atoms with Crippen molar-refractivity contribution in [1.82, 2.24) is 4.72 Å². The molecule has 0 saturated carbocycles. The molecule has 1 atom stereocenters. The zero-order valence-corrected chi connectivity index (χ0v) is 15.1. The van der Waals surface area contributed by atoms with E-state index in [9.17, 15) is 43.2 Å². The molecule has 17 heteroatoms. The third-order valence-electron chi connectivity index (χ3n) is 2.62. The highest BCUT2D eigenvalue weighted by Gasteiger charge is 2.61. The molecule has 1 aromatic heterocycles. The van der Waals surface area contributed by atoms with E-state index < -0.39 is 55.6 Å². The molecule has 0 unspecified atom stereocenters. The van der Waals surface area contributed by atoms with Gasteiger partial charge in [0.2, 0.25) is 10.0 Å². The molecule has 0 fully saturated rings. The summed E-state index contributed by atoms with van der Waals surface area (Å²) < 4.78 is 134. The van der Waals surface area contributed by atoms with Gasteiger partial charge in [-0.1, -0.05) is 11.6 Å². The standard InChI is InChI=1S/C9H8ClF6NO6S3/c10-5-1-2-6(24-5)25(18,19)17-4(3-23-26(20,21)22)7(8(11,12)13)9(14,15)16/h1-2,4,7,17H,3H2,(H,20,21,22)/t4-/m1/s1. The number of hydrogen-bond donors (Lipinski definition) is 2. The van der Waals surface area contributed by atoms with Gasteiger partial charge in [0.15, 0.2) is 5.92 Å². The Kier molecular flexibility index (Phi) is 6.99. The quantitative estimate of drug-likeness (QED) is 0.467. The van der Waals surface area contributed by atoms with E-state index in [1.165, 1.54) is 0 Å². The van der Waals surface area contributed by atoms with Crippen molar-refractivity contribution in [3.05, 3.63) is 16.5 Å². The van der Waals surface area contributed by atoms with Gasteiger partial charge < -0.3 is 0 Å². The minimum absolute atomic E-state index is 0.126. The first-order valence-electron chi connectivity index (χ1n) is 5.96. The first-order valence-corrected chi connectivity index (χ1v) is 10.0. The Hall–Kier alpha value is -0.650. The third kappa shape index (κ3) is 6.82. The predicted molar refractivity (Wildman–Crippen MR) is 76.5 cm³/mol. The largest absolute Gasteiger partial charge is 0.402 e. The highest BCUT2D eigenvalue weighted by molar-refractivity contribution is 7.91. The second-order valence-electron chi connectivity index (χ2n) is 4.56. The molecule has 0 aliphatic carbocycles. The summed E-state index contributed by atoms with van der Waals surface area (Å²) in [6.45, 7) is -1.97. The lowest BCUT2D eigenvalue weighted by molar-refractivity contribution is -0.291. The van der Waals surface area contributed by atoms with Crippen molar-refractivity contribution >= 4 is 43.4 Å². The maximum absolute atomic E-state index is 12.8. The maximum atomic E-state index is 12.8. The van der Waals surface area contributed by atoms with Crippen molar-refractivity contribution in [2.45, 2.75) is 22.6 Å². The van der Waals surface area contributed by atoms with Gasteiger partial charge in [0, 0.05) is 0 Å². The monoisotopic (exact) mass is 471 g/mol. The molecule has 1 aromatic rings. The predicted octanol–water partition coefficient (Wildman–Crippen LogP) is 2.61. The molecule has 0 aliphatic heterocycles. The Morgan fingerprint density at radius 3 is 1.96 bits per heavy atom. The molecule has 0 saturated heterocycles. The van der Waals surface area contributed by atoms with Crippen LogP contribution < -0.4 is 4.72 Å². The molecule has 152 valence electrons. The Morgan fingerprint density at radius 1 is 1.12 bits per heavy atom. The molecule has 0 amide bonds. The fourth-order valence-corrected chi connectivity index (χ4v) is 4.75. The van der Waals surface area contributed by atoms with Crippen LogP contribution in [0, 0.1) is 5.92 Å². The van der Waals surface area contributed by atoms with Gasteiger partial charge in [-0.05, 0) is 12.1 Å². The summed E-state index contributed by atoms with van der Waals surface area (Å²) in [7, 11) is -10.4. The fourth-order valence-electron chi connectivity index (χ4n) is 1.70. The van der Waals surface area contributed by atoms with E-state index in [4.69, 9.17) is 16.2 Å². The molecular formula is C9H8ClF6NO6S3. The van der Waals surface area contributed by atoms with Crippen LogP contribution in [0.3, 0.4) is 0 Å². The molecule has 26 heavy (non-hydrogen) atoms. The average molecular weight is 472 g/mol. The van der Waals surface area contributed by atoms with Gasteiger partial charge in [-0.25, -0.2) is 17.3 Å². The SMILES string of the molecule is O=S(=O)(O)OC[C@@H](NS(=O)(=O)c1ccc(Cl)s1)C(C(F)(F)F)C(F)(F)F. The van der Waals surface area contributed by atoms with E-state index in [1.807, 2.05) is 0 Å². The molecular weight excluding hydrogens is 464 g/mol. The molecule has 1 heterocycles. The molecule has 1 rings (SSSR count). The van der Waals surface area contributed by atoms with Gasteiger partial charge in [0.05, 0.1) is 17.0 Å². The van der Waals surface area contributed by atoms with Crippen LogP contribution in [0.5, 0.6) is 0 Å². The van der Waals surface area contributed by atoms with Crippen molar-refractivity contribution in [1.29, 1.82) is 0 Å². The van der Waals surface area contributed by atoms with E-state index >= 15 is 0 Å². The summed E-state index contributed by atoms with van der Waals surface area (Å²) in [4.78, 5) is 0. The Bertz CT molecular complexity index is 819. The van der Waals surface area contributed by atoms with E-state index in [2.05, 4.69) is 4.18 Å². The van der Waals surface area contributed by atoms with Gasteiger partial charge >= 0.3 is 22.8 Å². The Labute approximate surface area is 151 Å². The molecule has 0 radical (unpaired) electrons. The van der Waals surface area contributed by atoms with Crippen LogP contribution in [0.4, 0.5) is 26.3 Å². The minimum atomic E-state index is -6.01. The molecule has 0 spiro atoms. The second kappa shape index (κ2) is 7.76. The van der Waals surface area contributed by atoms with E-state index in [-0.39, 0.29) is 4.34 Å². The number of sulfonamides is 1. The summed E-state index contributed by atoms with van der Waals surface area (Å²) >= 11 is 5.79. The zero-order valence-electron chi connectivity index (χ0n) is 11.9. The number of nitrogens with one attached hydrogen (secondary N) is 1. The lowest BCUT2D eigenvalue weighted by Gasteiger charge is -2.30. The number of hydrogen-bond acceptors (Lipinski definition) is 6. The molecule has 7 nitrogen and oxygen atoms in total. The van der Waals surface area contributed by atoms with Crippen LogP contribution in [0.1, 0.15) is 0 Å². The summed E-state index contributed by atoms with van der Waals surface area (Å²) in [6, 6.07) is -1.32. The number of thiophene rings is 1. The number of alkyl halides is 6. The summed E-state index contributed by atoms with van der Waals surface area (Å²) in [6.07, 6.45) is -12.0. The lowest BCUT2D eigenvalue weighted by Crippen LogP contribution is -2.54. The normalized spacial score (nSPS) is 15.4. The van der Waals surface area contributed by atoms with Crippen molar-refractivity contribution in [2.75, 3.05) is 6.61 Å². The topological polar surface area (TPSA) is 110 Å². The van der Waals surface area contributed by atoms with Crippen LogP contribution >= 0.6 is 22.9 Å². The molecule has 0 aromatic carbocycles. The van der Waals surface area contributed by atoms with E-state index in [0.29, 0.717) is 11.3 Å². The summed E-state index contributed by atoms with van der Waals surface area (Å²) in [5, 5.41) is 0. The lowest BCUT2D eigenvalue weighted by atomic mass is 10.00. The van der Waals surface area contributed by atoms with Gasteiger partial charge in [0.25, 0.3) is 0 Å². The minimum Gasteiger partial charge on any atom is -0.264 e. The van der Waals surface area contributed by atoms with Crippen molar-refractivity contribution in [3.63, 3.8) is 0 Å².